The van der Waals surface area contributed by atoms with Gasteiger partial charge in [-0.15, -0.1) is 0 Å². The third kappa shape index (κ3) is 5.09. The van der Waals surface area contributed by atoms with Crippen LogP contribution in [0, 0.1) is 5.82 Å². The van der Waals surface area contributed by atoms with E-state index >= 15 is 0 Å². The summed E-state index contributed by atoms with van der Waals surface area (Å²) in [5.74, 6) is -0.475. The predicted molar refractivity (Wildman–Crippen MR) is 138 cm³/mol. The fourth-order valence-corrected chi connectivity index (χ4v) is 4.01. The maximum atomic E-state index is 13.5. The van der Waals surface area contributed by atoms with Gasteiger partial charge in [-0.05, 0) is 67.4 Å². The van der Waals surface area contributed by atoms with E-state index in [9.17, 15) is 9.18 Å². The molecule has 0 aliphatic carbocycles. The molecular weight excluding hydrogens is 441 g/mol. The molecule has 2 heterocycles. The molecule has 0 saturated heterocycles. The van der Waals surface area contributed by atoms with Gasteiger partial charge in [0.1, 0.15) is 5.82 Å². The average Bonchev–Trinajstić information content (AvgIpc) is 3.40. The maximum absolute atomic E-state index is 13.5. The third-order valence-electron chi connectivity index (χ3n) is 5.87. The third-order valence-corrected chi connectivity index (χ3v) is 5.87. The van der Waals surface area contributed by atoms with Crippen molar-refractivity contribution in [2.45, 2.75) is 19.3 Å². The molecular formula is C28H24FN5O. The summed E-state index contributed by atoms with van der Waals surface area (Å²) in [6, 6.07) is 18.8. The summed E-state index contributed by atoms with van der Waals surface area (Å²) in [4.78, 5) is 26.7. The van der Waals surface area contributed by atoms with Gasteiger partial charge in [0.15, 0.2) is 0 Å². The number of nitrogens with one attached hydrogen (secondary N) is 1. The standard InChI is InChI=1S/C28H24FN5O/c29-21-10-5-18(6-11-21)26-27(19-7-12-22(30)13-8-19)34-25-17-20(9-14-24(25)33-26)28(35)32-16-2-4-23-3-1-15-31-23/h1,5-15,17H,2-4,16,30H2,(H,32,35). The molecule has 7 heteroatoms. The smallest absolute Gasteiger partial charge is 0.251 e. The van der Waals surface area contributed by atoms with Crippen LogP contribution in [0.3, 0.4) is 0 Å². The van der Waals surface area contributed by atoms with Crippen LogP contribution in [0.25, 0.3) is 33.5 Å². The number of allylic oxidation sites excluding steroid dienone is 1. The van der Waals surface area contributed by atoms with Crippen molar-refractivity contribution < 1.29 is 9.18 Å². The molecule has 0 fully saturated rings. The van der Waals surface area contributed by atoms with Crippen molar-refractivity contribution in [1.82, 2.24) is 15.3 Å². The van der Waals surface area contributed by atoms with E-state index in [2.05, 4.69) is 10.3 Å². The number of hydrogen-bond acceptors (Lipinski definition) is 5. The number of amides is 1. The van der Waals surface area contributed by atoms with Gasteiger partial charge in [0.25, 0.3) is 5.91 Å². The fourth-order valence-electron chi connectivity index (χ4n) is 4.01. The lowest BCUT2D eigenvalue weighted by Crippen LogP contribution is -2.24. The molecule has 6 nitrogen and oxygen atoms in total. The van der Waals surface area contributed by atoms with Crippen molar-refractivity contribution in [1.29, 1.82) is 0 Å². The van der Waals surface area contributed by atoms with Gasteiger partial charge in [-0.1, -0.05) is 18.2 Å². The normalized spacial score (nSPS) is 12.7. The SMILES string of the molecule is Nc1ccc(-c2nc3cc(C(=O)NCCCC4=NC=CC4)ccc3nc2-c2ccc(F)cc2)cc1. The van der Waals surface area contributed by atoms with Crippen LogP contribution >= 0.6 is 0 Å². The number of aromatic nitrogens is 2. The lowest BCUT2D eigenvalue weighted by molar-refractivity contribution is 0.0953. The number of rotatable bonds is 7. The summed E-state index contributed by atoms with van der Waals surface area (Å²) in [6.07, 6.45) is 6.46. The van der Waals surface area contributed by atoms with Crippen LogP contribution in [0.15, 0.2) is 84.0 Å². The first-order valence-corrected chi connectivity index (χ1v) is 11.5. The number of halogens is 1. The number of nitrogens with two attached hydrogens (primary N) is 1. The van der Waals surface area contributed by atoms with Gasteiger partial charge in [-0.3, -0.25) is 9.79 Å². The number of carbonyl (C=O) groups excluding carboxylic acids is 1. The van der Waals surface area contributed by atoms with Crippen LogP contribution in [0.2, 0.25) is 0 Å². The second kappa shape index (κ2) is 9.85. The number of carbonyl (C=O) groups is 1. The predicted octanol–water partition coefficient (Wildman–Crippen LogP) is 5.55. The van der Waals surface area contributed by atoms with Gasteiger partial charge in [0, 0.05) is 47.3 Å². The van der Waals surface area contributed by atoms with Crippen LogP contribution in [0.1, 0.15) is 29.6 Å². The quantitative estimate of drug-likeness (QED) is 0.276. The zero-order valence-electron chi connectivity index (χ0n) is 19.0. The molecule has 0 spiro atoms. The van der Waals surface area contributed by atoms with E-state index < -0.39 is 0 Å². The van der Waals surface area contributed by atoms with Crippen LogP contribution in [-0.2, 0) is 0 Å². The van der Waals surface area contributed by atoms with E-state index in [1.54, 1.807) is 42.5 Å². The number of aliphatic imine (C=N–C) groups is 1. The van der Waals surface area contributed by atoms with Crippen LogP contribution < -0.4 is 11.1 Å². The maximum Gasteiger partial charge on any atom is 0.251 e. The van der Waals surface area contributed by atoms with E-state index in [1.807, 2.05) is 24.4 Å². The van der Waals surface area contributed by atoms with Crippen molar-refractivity contribution >= 4 is 28.3 Å². The minimum absolute atomic E-state index is 0.156. The van der Waals surface area contributed by atoms with Crippen molar-refractivity contribution in [2.24, 2.45) is 4.99 Å². The Hall–Kier alpha value is -4.39. The Bertz CT molecular complexity index is 1440. The summed E-state index contributed by atoms with van der Waals surface area (Å²) < 4.78 is 13.5. The molecule has 1 aliphatic rings. The molecule has 1 aliphatic heterocycles. The molecule has 0 bridgehead atoms. The van der Waals surface area contributed by atoms with E-state index in [1.165, 1.54) is 12.1 Å². The van der Waals surface area contributed by atoms with Gasteiger partial charge in [0.2, 0.25) is 0 Å². The summed E-state index contributed by atoms with van der Waals surface area (Å²) in [6.45, 7) is 0.571. The Kier molecular flexibility index (Phi) is 6.30. The van der Waals surface area contributed by atoms with Crippen LogP contribution in [0.5, 0.6) is 0 Å². The molecule has 4 aromatic rings. The van der Waals surface area contributed by atoms with Gasteiger partial charge < -0.3 is 11.1 Å². The molecule has 0 radical (unpaired) electrons. The lowest BCUT2D eigenvalue weighted by Gasteiger charge is -2.12. The van der Waals surface area contributed by atoms with Crippen LogP contribution in [0.4, 0.5) is 10.1 Å². The van der Waals surface area contributed by atoms with Crippen molar-refractivity contribution in [3.05, 3.63) is 90.4 Å². The van der Waals surface area contributed by atoms with Gasteiger partial charge in [-0.2, -0.15) is 0 Å². The van der Waals surface area contributed by atoms with E-state index in [4.69, 9.17) is 15.7 Å². The highest BCUT2D eigenvalue weighted by Gasteiger charge is 2.15. The van der Waals surface area contributed by atoms with E-state index in [0.29, 0.717) is 40.2 Å². The Morgan fingerprint density at radius 1 is 0.914 bits per heavy atom. The average molecular weight is 466 g/mol. The number of nitrogen functional groups attached to an aromatic ring is 1. The molecule has 0 saturated carbocycles. The van der Waals surface area contributed by atoms with Gasteiger partial charge in [0.05, 0.1) is 22.4 Å². The second-order valence-electron chi connectivity index (χ2n) is 8.40. The zero-order chi connectivity index (χ0) is 24.2. The number of anilines is 1. The summed E-state index contributed by atoms with van der Waals surface area (Å²) in [5.41, 5.74) is 12.2. The first kappa shape index (κ1) is 22.4. The van der Waals surface area contributed by atoms with E-state index in [0.717, 1.165) is 36.1 Å². The topological polar surface area (TPSA) is 93.3 Å². The highest BCUT2D eigenvalue weighted by Crippen LogP contribution is 2.31. The van der Waals surface area contributed by atoms with Crippen molar-refractivity contribution in [2.75, 3.05) is 12.3 Å². The number of benzene rings is 3. The second-order valence-corrected chi connectivity index (χ2v) is 8.40. The minimum atomic E-state index is -0.319. The molecule has 0 atom stereocenters. The Balaban J connectivity index is 1.44. The molecule has 174 valence electrons. The molecule has 3 aromatic carbocycles. The first-order chi connectivity index (χ1) is 17.1. The largest absolute Gasteiger partial charge is 0.399 e. The molecule has 5 rings (SSSR count). The molecule has 35 heavy (non-hydrogen) atoms. The van der Waals surface area contributed by atoms with Crippen molar-refractivity contribution in [3.8, 4) is 22.5 Å². The summed E-state index contributed by atoms with van der Waals surface area (Å²) in [7, 11) is 0. The van der Waals surface area contributed by atoms with Crippen molar-refractivity contribution in [3.63, 3.8) is 0 Å². The number of hydrogen-bond donors (Lipinski definition) is 2. The monoisotopic (exact) mass is 465 g/mol. The summed E-state index contributed by atoms with van der Waals surface area (Å²) in [5, 5.41) is 2.97. The van der Waals surface area contributed by atoms with Crippen LogP contribution in [-0.4, -0.2) is 28.1 Å². The van der Waals surface area contributed by atoms with E-state index in [-0.39, 0.29) is 11.7 Å². The number of nitrogens with zero attached hydrogens (tertiary/aromatic N) is 3. The molecule has 3 N–H and O–H groups in total. The highest BCUT2D eigenvalue weighted by atomic mass is 19.1. The Morgan fingerprint density at radius 2 is 1.60 bits per heavy atom. The molecule has 1 aromatic heterocycles. The Morgan fingerprint density at radius 3 is 2.29 bits per heavy atom. The molecule has 1 amide bonds. The highest BCUT2D eigenvalue weighted by molar-refractivity contribution is 5.98. The lowest BCUT2D eigenvalue weighted by atomic mass is 10.0. The fraction of sp³-hybridized carbons (Fsp3) is 0.143. The molecule has 0 unspecified atom stereocenters. The van der Waals surface area contributed by atoms with Gasteiger partial charge in [-0.25, -0.2) is 14.4 Å². The summed E-state index contributed by atoms with van der Waals surface area (Å²) >= 11 is 0. The zero-order valence-corrected chi connectivity index (χ0v) is 19.0. The van der Waals surface area contributed by atoms with Gasteiger partial charge >= 0.3 is 0 Å². The number of fused-ring (bicyclic) bond motifs is 1. The first-order valence-electron chi connectivity index (χ1n) is 11.5. The Labute approximate surface area is 202 Å². The minimum Gasteiger partial charge on any atom is -0.399 e.